The van der Waals surface area contributed by atoms with E-state index in [1.807, 2.05) is 38.1 Å². The Labute approximate surface area is 174 Å². The van der Waals surface area contributed by atoms with Crippen molar-refractivity contribution in [3.63, 3.8) is 0 Å². The molecular formula is C20H19IN2O3S. The lowest BCUT2D eigenvalue weighted by molar-refractivity contribution is -0.143. The van der Waals surface area contributed by atoms with E-state index in [4.69, 9.17) is 4.74 Å². The highest BCUT2D eigenvalue weighted by atomic mass is 127. The second-order valence-corrected chi connectivity index (χ2v) is 8.27. The number of carbonyl (C=O) groups excluding carboxylic acids is 2. The lowest BCUT2D eigenvalue weighted by atomic mass is 10.1. The van der Waals surface area contributed by atoms with Crippen LogP contribution >= 0.6 is 33.9 Å². The van der Waals surface area contributed by atoms with Gasteiger partial charge in [-0.25, -0.2) is 0 Å². The van der Waals surface area contributed by atoms with Crippen molar-refractivity contribution in [2.45, 2.75) is 27.3 Å². The minimum Gasteiger partial charge on any atom is -0.465 e. The highest BCUT2D eigenvalue weighted by molar-refractivity contribution is 14.1. The van der Waals surface area contributed by atoms with Crippen molar-refractivity contribution in [2.24, 2.45) is 4.99 Å². The van der Waals surface area contributed by atoms with Gasteiger partial charge in [-0.15, -0.1) is 0 Å². The number of halogens is 1. The molecule has 140 valence electrons. The minimum absolute atomic E-state index is 0.0235. The third kappa shape index (κ3) is 4.30. The van der Waals surface area contributed by atoms with Crippen LogP contribution in [0.5, 0.6) is 0 Å². The summed E-state index contributed by atoms with van der Waals surface area (Å²) in [5, 5.41) is 0. The molecule has 0 atom stereocenters. The van der Waals surface area contributed by atoms with E-state index in [1.54, 1.807) is 17.6 Å². The normalized spacial score (nSPS) is 11.8. The van der Waals surface area contributed by atoms with Crippen LogP contribution < -0.4 is 4.80 Å². The van der Waals surface area contributed by atoms with E-state index in [-0.39, 0.29) is 18.4 Å². The van der Waals surface area contributed by atoms with Gasteiger partial charge in [-0.05, 0) is 72.7 Å². The van der Waals surface area contributed by atoms with Gasteiger partial charge in [0.25, 0.3) is 5.91 Å². The van der Waals surface area contributed by atoms with Crippen molar-refractivity contribution < 1.29 is 14.3 Å². The molecule has 0 spiro atoms. The Kier molecular flexibility index (Phi) is 6.11. The van der Waals surface area contributed by atoms with Crippen LogP contribution in [0.3, 0.4) is 0 Å². The highest BCUT2D eigenvalue weighted by Crippen LogP contribution is 2.23. The quantitative estimate of drug-likeness (QED) is 0.403. The summed E-state index contributed by atoms with van der Waals surface area (Å²) < 4.78 is 8.72. The summed E-state index contributed by atoms with van der Waals surface area (Å²) in [4.78, 5) is 29.7. The number of nitrogens with zero attached hydrogens (tertiary/aromatic N) is 2. The number of aromatic nitrogens is 1. The Morgan fingerprint density at radius 1 is 1.22 bits per heavy atom. The molecular weight excluding hydrogens is 475 g/mol. The number of fused-ring (bicyclic) bond motifs is 1. The van der Waals surface area contributed by atoms with Crippen LogP contribution in [0.15, 0.2) is 41.4 Å². The molecule has 5 nitrogen and oxygen atoms in total. The lowest BCUT2D eigenvalue weighted by Crippen LogP contribution is -2.23. The molecule has 1 heterocycles. The number of benzene rings is 2. The first-order chi connectivity index (χ1) is 12.9. The molecule has 0 unspecified atom stereocenters. The fourth-order valence-electron chi connectivity index (χ4n) is 2.94. The third-order valence-electron chi connectivity index (χ3n) is 4.01. The zero-order valence-corrected chi connectivity index (χ0v) is 18.3. The van der Waals surface area contributed by atoms with E-state index in [0.717, 1.165) is 24.9 Å². The van der Waals surface area contributed by atoms with Gasteiger partial charge in [-0.3, -0.25) is 9.59 Å². The second-order valence-electron chi connectivity index (χ2n) is 6.10. The van der Waals surface area contributed by atoms with E-state index < -0.39 is 0 Å². The smallest absolute Gasteiger partial charge is 0.326 e. The fraction of sp³-hybridized carbons (Fsp3) is 0.250. The van der Waals surface area contributed by atoms with Gasteiger partial charge in [0.05, 0.1) is 22.4 Å². The third-order valence-corrected chi connectivity index (χ3v) is 5.97. The number of rotatable bonds is 4. The molecule has 0 radical (unpaired) electrons. The van der Waals surface area contributed by atoms with Crippen LogP contribution in [0.25, 0.3) is 10.2 Å². The number of hydrogen-bond acceptors (Lipinski definition) is 4. The first kappa shape index (κ1) is 19.8. The molecule has 0 aliphatic carbocycles. The Morgan fingerprint density at radius 2 is 1.96 bits per heavy atom. The summed E-state index contributed by atoms with van der Waals surface area (Å²) in [6.07, 6.45) is 0. The lowest BCUT2D eigenvalue weighted by Gasteiger charge is -2.07. The Hall–Kier alpha value is -2.00. The van der Waals surface area contributed by atoms with Gasteiger partial charge in [0.1, 0.15) is 6.54 Å². The van der Waals surface area contributed by atoms with E-state index in [2.05, 4.69) is 33.6 Å². The molecule has 2 aromatic carbocycles. The maximum atomic E-state index is 12.7. The van der Waals surface area contributed by atoms with Gasteiger partial charge in [0.2, 0.25) is 0 Å². The maximum absolute atomic E-state index is 12.7. The van der Waals surface area contributed by atoms with E-state index in [1.165, 1.54) is 11.3 Å². The largest absolute Gasteiger partial charge is 0.465 e. The van der Waals surface area contributed by atoms with Crippen LogP contribution in [-0.4, -0.2) is 23.1 Å². The van der Waals surface area contributed by atoms with Crippen molar-refractivity contribution in [1.82, 2.24) is 4.57 Å². The number of thiazole rings is 1. The van der Waals surface area contributed by atoms with Crippen LogP contribution in [0, 0.1) is 17.4 Å². The number of esters is 1. The number of carbonyl (C=O) groups is 2. The number of aryl methyl sites for hydroxylation is 2. The zero-order valence-electron chi connectivity index (χ0n) is 15.3. The summed E-state index contributed by atoms with van der Waals surface area (Å²) in [5.41, 5.74) is 3.62. The molecule has 0 bridgehead atoms. The number of hydrogen-bond donors (Lipinski definition) is 0. The van der Waals surface area contributed by atoms with Gasteiger partial charge < -0.3 is 9.30 Å². The topological polar surface area (TPSA) is 60.7 Å². The molecule has 7 heteroatoms. The molecule has 0 N–H and O–H groups in total. The van der Waals surface area contributed by atoms with Crippen molar-refractivity contribution in [2.75, 3.05) is 6.61 Å². The molecule has 27 heavy (non-hydrogen) atoms. The molecule has 0 aliphatic heterocycles. The summed E-state index contributed by atoms with van der Waals surface area (Å²) in [7, 11) is 0. The van der Waals surface area contributed by atoms with Crippen LogP contribution in [0.1, 0.15) is 28.4 Å². The van der Waals surface area contributed by atoms with E-state index in [0.29, 0.717) is 17.0 Å². The van der Waals surface area contributed by atoms with E-state index in [9.17, 15) is 9.59 Å². The van der Waals surface area contributed by atoms with E-state index >= 15 is 0 Å². The zero-order chi connectivity index (χ0) is 19.6. The molecule has 1 aromatic heterocycles. The first-order valence-electron chi connectivity index (χ1n) is 8.50. The second kappa shape index (κ2) is 8.35. The first-order valence-corrected chi connectivity index (χ1v) is 10.4. The molecule has 1 amide bonds. The van der Waals surface area contributed by atoms with Crippen molar-refractivity contribution in [3.8, 4) is 0 Å². The summed E-state index contributed by atoms with van der Waals surface area (Å²) >= 11 is 3.53. The summed E-state index contributed by atoms with van der Waals surface area (Å²) in [6.45, 7) is 6.13. The maximum Gasteiger partial charge on any atom is 0.326 e. The SMILES string of the molecule is CCOC(=O)Cn1c(=NC(=O)c2ccccc2I)sc2cc(C)cc(C)c21. The van der Waals surface area contributed by atoms with Crippen LogP contribution in [0.4, 0.5) is 0 Å². The fourth-order valence-corrected chi connectivity index (χ4v) is 4.76. The van der Waals surface area contributed by atoms with Crippen LogP contribution in [-0.2, 0) is 16.1 Å². The molecule has 3 aromatic rings. The Morgan fingerprint density at radius 3 is 2.67 bits per heavy atom. The minimum atomic E-state index is -0.347. The number of ether oxygens (including phenoxy) is 1. The Bertz CT molecular complexity index is 1100. The summed E-state index contributed by atoms with van der Waals surface area (Å²) in [5.74, 6) is -0.668. The predicted octanol–water partition coefficient (Wildman–Crippen LogP) is 4.23. The number of amides is 1. The summed E-state index contributed by atoms with van der Waals surface area (Å²) in [6, 6.07) is 11.4. The average molecular weight is 494 g/mol. The van der Waals surface area contributed by atoms with Crippen LogP contribution in [0.2, 0.25) is 0 Å². The van der Waals surface area contributed by atoms with Gasteiger partial charge in [0, 0.05) is 3.57 Å². The van der Waals surface area contributed by atoms with Gasteiger partial charge >= 0.3 is 5.97 Å². The molecule has 0 saturated heterocycles. The van der Waals surface area contributed by atoms with Crippen molar-refractivity contribution >= 4 is 56.0 Å². The molecule has 0 fully saturated rings. The van der Waals surface area contributed by atoms with Crippen molar-refractivity contribution in [1.29, 1.82) is 0 Å². The van der Waals surface area contributed by atoms with Gasteiger partial charge in [-0.2, -0.15) is 4.99 Å². The van der Waals surface area contributed by atoms with Crippen molar-refractivity contribution in [3.05, 3.63) is 61.5 Å². The molecule has 3 rings (SSSR count). The standard InChI is InChI=1S/C20H19IN2O3S/c1-4-26-17(24)11-23-18-13(3)9-12(2)10-16(18)27-20(23)22-19(25)14-7-5-6-8-15(14)21/h5-10H,4,11H2,1-3H3. The van der Waals surface area contributed by atoms with Gasteiger partial charge in [0.15, 0.2) is 4.80 Å². The highest BCUT2D eigenvalue weighted by Gasteiger charge is 2.15. The molecule has 0 aliphatic rings. The predicted molar refractivity (Wildman–Crippen MR) is 115 cm³/mol. The average Bonchev–Trinajstić information content (AvgIpc) is 2.92. The molecule has 0 saturated carbocycles. The monoisotopic (exact) mass is 494 g/mol. The Balaban J connectivity index is 2.19. The van der Waals surface area contributed by atoms with Gasteiger partial charge in [-0.1, -0.05) is 29.5 Å².